The Bertz CT molecular complexity index is 319. The van der Waals surface area contributed by atoms with Gasteiger partial charge in [-0.2, -0.15) is 0 Å². The van der Waals surface area contributed by atoms with Crippen LogP contribution >= 0.6 is 0 Å². The van der Waals surface area contributed by atoms with Gasteiger partial charge in [0.1, 0.15) is 0 Å². The van der Waals surface area contributed by atoms with Crippen LogP contribution in [-0.2, 0) is 4.79 Å². The number of rotatable bonds is 5. The topological polar surface area (TPSA) is 44.4 Å². The first-order valence-electron chi connectivity index (χ1n) is 8.32. The number of nitrogens with one attached hydrogen (secondary N) is 2. The van der Waals surface area contributed by atoms with E-state index in [4.69, 9.17) is 0 Å². The fourth-order valence-corrected chi connectivity index (χ4v) is 3.44. The highest BCUT2D eigenvalue weighted by Crippen LogP contribution is 2.32. The number of piperidine rings is 1. The Morgan fingerprint density at radius 1 is 1.25 bits per heavy atom. The zero-order chi connectivity index (χ0) is 14.5. The van der Waals surface area contributed by atoms with Crippen LogP contribution in [0.2, 0.25) is 0 Å². The van der Waals surface area contributed by atoms with Gasteiger partial charge >= 0.3 is 0 Å². The van der Waals surface area contributed by atoms with E-state index >= 15 is 0 Å². The first-order valence-corrected chi connectivity index (χ1v) is 8.32. The van der Waals surface area contributed by atoms with Gasteiger partial charge < -0.3 is 15.5 Å². The number of nitrogens with zero attached hydrogens (tertiary/aromatic N) is 1. The van der Waals surface area contributed by atoms with Crippen molar-refractivity contribution in [2.45, 2.75) is 70.5 Å². The van der Waals surface area contributed by atoms with E-state index in [-0.39, 0.29) is 11.9 Å². The van der Waals surface area contributed by atoms with Gasteiger partial charge in [-0.15, -0.1) is 0 Å². The second-order valence-corrected chi connectivity index (χ2v) is 6.81. The number of hydrogen-bond acceptors (Lipinski definition) is 3. The van der Waals surface area contributed by atoms with Crippen molar-refractivity contribution in [3.8, 4) is 0 Å². The van der Waals surface area contributed by atoms with Crippen LogP contribution in [0.1, 0.15) is 52.4 Å². The van der Waals surface area contributed by atoms with Crippen molar-refractivity contribution >= 4 is 5.91 Å². The fourth-order valence-electron chi connectivity index (χ4n) is 3.44. The van der Waals surface area contributed by atoms with Crippen molar-refractivity contribution in [3.05, 3.63) is 0 Å². The van der Waals surface area contributed by atoms with Crippen molar-refractivity contribution < 1.29 is 4.79 Å². The predicted octanol–water partition coefficient (Wildman–Crippen LogP) is 1.75. The standard InChI is InChI=1S/C16H31N3O/c1-12(2)19(3)11-10-17-16(20)15-9-8-13-6-4-5-7-14(13)18-15/h12-15,18H,4-11H2,1-3H3,(H,17,20). The number of amides is 1. The van der Waals surface area contributed by atoms with Gasteiger partial charge in [-0.05, 0) is 52.5 Å². The molecule has 20 heavy (non-hydrogen) atoms. The quantitative estimate of drug-likeness (QED) is 0.807. The van der Waals surface area contributed by atoms with Crippen LogP contribution in [-0.4, -0.2) is 49.1 Å². The summed E-state index contributed by atoms with van der Waals surface area (Å²) in [5.74, 6) is 1.02. The lowest BCUT2D eigenvalue weighted by molar-refractivity contribution is -0.124. The van der Waals surface area contributed by atoms with Crippen LogP contribution < -0.4 is 10.6 Å². The molecule has 2 rings (SSSR count). The lowest BCUT2D eigenvalue weighted by atomic mass is 9.77. The SMILES string of the molecule is CC(C)N(C)CCNC(=O)C1CCC2CCCCC2N1. The van der Waals surface area contributed by atoms with E-state index in [1.807, 2.05) is 0 Å². The highest BCUT2D eigenvalue weighted by atomic mass is 16.2. The Morgan fingerprint density at radius 3 is 2.75 bits per heavy atom. The van der Waals surface area contributed by atoms with Crippen LogP contribution in [0.4, 0.5) is 0 Å². The molecule has 2 fully saturated rings. The van der Waals surface area contributed by atoms with Gasteiger partial charge in [-0.25, -0.2) is 0 Å². The minimum Gasteiger partial charge on any atom is -0.353 e. The maximum Gasteiger partial charge on any atom is 0.237 e. The summed E-state index contributed by atoms with van der Waals surface area (Å²) in [7, 11) is 2.10. The molecule has 1 amide bonds. The van der Waals surface area contributed by atoms with Gasteiger partial charge in [-0.3, -0.25) is 4.79 Å². The molecule has 4 heteroatoms. The molecule has 3 unspecified atom stereocenters. The van der Waals surface area contributed by atoms with Crippen molar-refractivity contribution in [1.29, 1.82) is 0 Å². The number of carbonyl (C=O) groups is 1. The third-order valence-corrected chi connectivity index (χ3v) is 5.11. The lowest BCUT2D eigenvalue weighted by Gasteiger charge is -2.40. The molecule has 116 valence electrons. The third kappa shape index (κ3) is 4.19. The molecule has 1 heterocycles. The van der Waals surface area contributed by atoms with E-state index in [0.29, 0.717) is 12.1 Å². The predicted molar refractivity (Wildman–Crippen MR) is 82.7 cm³/mol. The average Bonchev–Trinajstić information content (AvgIpc) is 2.46. The van der Waals surface area contributed by atoms with Gasteiger partial charge in [0, 0.05) is 25.2 Å². The van der Waals surface area contributed by atoms with E-state index in [2.05, 4.69) is 36.4 Å². The van der Waals surface area contributed by atoms with Gasteiger partial charge in [0.05, 0.1) is 6.04 Å². The molecule has 2 N–H and O–H groups in total. The molecule has 3 atom stereocenters. The number of hydrogen-bond donors (Lipinski definition) is 2. The molecule has 4 nitrogen and oxygen atoms in total. The zero-order valence-electron chi connectivity index (χ0n) is 13.3. The molecule has 1 aliphatic carbocycles. The summed E-state index contributed by atoms with van der Waals surface area (Å²) < 4.78 is 0. The van der Waals surface area contributed by atoms with E-state index in [1.165, 1.54) is 32.1 Å². The Balaban J connectivity index is 1.70. The molecule has 1 aliphatic heterocycles. The second-order valence-electron chi connectivity index (χ2n) is 6.81. The van der Waals surface area contributed by atoms with Crippen molar-refractivity contribution in [2.24, 2.45) is 5.92 Å². The van der Waals surface area contributed by atoms with Gasteiger partial charge in [0.25, 0.3) is 0 Å². The molecule has 0 spiro atoms. The summed E-state index contributed by atoms with van der Waals surface area (Å²) >= 11 is 0. The van der Waals surface area contributed by atoms with Crippen molar-refractivity contribution in [3.63, 3.8) is 0 Å². The Morgan fingerprint density at radius 2 is 2.00 bits per heavy atom. The third-order valence-electron chi connectivity index (χ3n) is 5.11. The number of fused-ring (bicyclic) bond motifs is 1. The largest absolute Gasteiger partial charge is 0.353 e. The minimum absolute atomic E-state index is 0.0405. The summed E-state index contributed by atoms with van der Waals surface area (Å²) in [6.07, 6.45) is 7.54. The highest BCUT2D eigenvalue weighted by Gasteiger charge is 2.34. The summed E-state index contributed by atoms with van der Waals surface area (Å²) in [5, 5.41) is 6.68. The van der Waals surface area contributed by atoms with Crippen molar-refractivity contribution in [2.75, 3.05) is 20.1 Å². The maximum atomic E-state index is 12.2. The Hall–Kier alpha value is -0.610. The summed E-state index contributed by atoms with van der Waals surface area (Å²) in [6.45, 7) is 6.02. The molecule has 0 aromatic heterocycles. The molecule has 0 bridgehead atoms. The van der Waals surface area contributed by atoms with Crippen molar-refractivity contribution in [1.82, 2.24) is 15.5 Å². The van der Waals surface area contributed by atoms with Crippen LogP contribution in [0, 0.1) is 5.92 Å². The number of carbonyl (C=O) groups excluding carboxylic acids is 1. The first-order chi connectivity index (χ1) is 9.58. The number of likely N-dealkylation sites (N-methyl/N-ethyl adjacent to an activating group) is 1. The molecule has 2 aliphatic rings. The molecule has 1 saturated heterocycles. The van der Waals surface area contributed by atoms with Gasteiger partial charge in [-0.1, -0.05) is 12.8 Å². The van der Waals surface area contributed by atoms with Crippen LogP contribution in [0.3, 0.4) is 0 Å². The maximum absolute atomic E-state index is 12.2. The summed E-state index contributed by atoms with van der Waals surface area (Å²) in [4.78, 5) is 14.5. The monoisotopic (exact) mass is 281 g/mol. The van der Waals surface area contributed by atoms with Crippen LogP contribution in [0.25, 0.3) is 0 Å². The molecule has 0 aromatic rings. The Kier molecular flexibility index (Phi) is 5.85. The smallest absolute Gasteiger partial charge is 0.237 e. The molecular formula is C16H31N3O. The van der Waals surface area contributed by atoms with Gasteiger partial charge in [0.15, 0.2) is 0 Å². The van der Waals surface area contributed by atoms with Crippen LogP contribution in [0.15, 0.2) is 0 Å². The van der Waals surface area contributed by atoms with Gasteiger partial charge in [0.2, 0.25) is 5.91 Å². The van der Waals surface area contributed by atoms with E-state index in [1.54, 1.807) is 0 Å². The van der Waals surface area contributed by atoms with E-state index < -0.39 is 0 Å². The molecule has 0 radical (unpaired) electrons. The second kappa shape index (κ2) is 7.41. The highest BCUT2D eigenvalue weighted by molar-refractivity contribution is 5.81. The van der Waals surface area contributed by atoms with E-state index in [9.17, 15) is 4.79 Å². The zero-order valence-corrected chi connectivity index (χ0v) is 13.3. The van der Waals surface area contributed by atoms with E-state index in [0.717, 1.165) is 25.4 Å². The molecular weight excluding hydrogens is 250 g/mol. The summed E-state index contributed by atoms with van der Waals surface area (Å²) in [6, 6.07) is 1.16. The lowest BCUT2D eigenvalue weighted by Crippen LogP contribution is -2.55. The summed E-state index contributed by atoms with van der Waals surface area (Å²) in [5.41, 5.74) is 0. The minimum atomic E-state index is 0.0405. The normalized spacial score (nSPS) is 30.4. The molecule has 1 saturated carbocycles. The van der Waals surface area contributed by atoms with Crippen LogP contribution in [0.5, 0.6) is 0 Å². The Labute approximate surface area is 123 Å². The fraction of sp³-hybridized carbons (Fsp3) is 0.938. The molecule has 0 aromatic carbocycles. The first kappa shape index (κ1) is 15.8. The average molecular weight is 281 g/mol.